The zero-order valence-electron chi connectivity index (χ0n) is 12.9. The number of fused-ring (bicyclic) bond motifs is 2. The average molecular weight is 302 g/mol. The van der Waals surface area contributed by atoms with Gasteiger partial charge in [-0.3, -0.25) is 0 Å². The summed E-state index contributed by atoms with van der Waals surface area (Å²) in [5, 5.41) is 2.38. The number of para-hydroxylation sites is 2. The second-order valence-electron chi connectivity index (χ2n) is 6.52. The number of furan rings is 2. The first-order valence-corrected chi connectivity index (χ1v) is 8.35. The quantitative estimate of drug-likeness (QED) is 0.438. The molecule has 0 amide bonds. The maximum atomic E-state index is 6.14. The lowest BCUT2D eigenvalue weighted by atomic mass is 9.91. The number of rotatable bonds is 2. The fourth-order valence-corrected chi connectivity index (χ4v) is 4.01. The van der Waals surface area contributed by atoms with Crippen molar-refractivity contribution in [2.24, 2.45) is 0 Å². The van der Waals surface area contributed by atoms with E-state index in [-0.39, 0.29) is 0 Å². The zero-order chi connectivity index (χ0) is 15.2. The van der Waals surface area contributed by atoms with Crippen LogP contribution < -0.4 is 0 Å². The Morgan fingerprint density at radius 3 is 1.61 bits per heavy atom. The fourth-order valence-electron chi connectivity index (χ4n) is 4.01. The molecule has 23 heavy (non-hydrogen) atoms. The van der Waals surface area contributed by atoms with E-state index in [0.717, 1.165) is 22.7 Å². The van der Waals surface area contributed by atoms with Crippen LogP contribution in [0.3, 0.4) is 0 Å². The van der Waals surface area contributed by atoms with Crippen molar-refractivity contribution in [3.8, 4) is 0 Å². The summed E-state index contributed by atoms with van der Waals surface area (Å²) in [5.74, 6) is 3.05. The minimum absolute atomic E-state index is 0.419. The first-order valence-electron chi connectivity index (χ1n) is 8.35. The largest absolute Gasteiger partial charge is 0.461 e. The van der Waals surface area contributed by atoms with E-state index in [2.05, 4.69) is 36.4 Å². The van der Waals surface area contributed by atoms with Crippen molar-refractivity contribution in [1.29, 1.82) is 0 Å². The molecule has 2 nitrogen and oxygen atoms in total. The molecule has 1 fully saturated rings. The minimum atomic E-state index is 0.419. The van der Waals surface area contributed by atoms with Crippen molar-refractivity contribution < 1.29 is 8.83 Å². The Hall–Kier alpha value is -2.48. The molecule has 1 aliphatic carbocycles. The Kier molecular flexibility index (Phi) is 2.84. The Labute approximate surface area is 134 Å². The van der Waals surface area contributed by atoms with Crippen LogP contribution in [0.5, 0.6) is 0 Å². The summed E-state index contributed by atoms with van der Waals surface area (Å²) in [5.41, 5.74) is 1.97. The van der Waals surface area contributed by atoms with Gasteiger partial charge in [0.05, 0.1) is 0 Å². The van der Waals surface area contributed by atoms with Crippen LogP contribution in [0, 0.1) is 0 Å². The first-order chi connectivity index (χ1) is 11.4. The summed E-state index contributed by atoms with van der Waals surface area (Å²) in [7, 11) is 0. The van der Waals surface area contributed by atoms with Crippen LogP contribution in [0.1, 0.15) is 42.6 Å². The lowest BCUT2D eigenvalue weighted by Crippen LogP contribution is -2.02. The minimum Gasteiger partial charge on any atom is -0.461 e. The van der Waals surface area contributed by atoms with Crippen molar-refractivity contribution >= 4 is 21.9 Å². The van der Waals surface area contributed by atoms with Gasteiger partial charge in [-0.25, -0.2) is 0 Å². The number of hydrogen-bond acceptors (Lipinski definition) is 2. The molecule has 2 atom stereocenters. The van der Waals surface area contributed by atoms with Crippen molar-refractivity contribution in [2.45, 2.75) is 31.1 Å². The molecule has 1 saturated carbocycles. The Bertz CT molecular complexity index is 830. The maximum Gasteiger partial charge on any atom is 0.134 e. The number of benzene rings is 2. The third-order valence-electron chi connectivity index (χ3n) is 5.14. The summed E-state index contributed by atoms with van der Waals surface area (Å²) >= 11 is 0. The first kappa shape index (κ1) is 13.0. The Morgan fingerprint density at radius 1 is 0.652 bits per heavy atom. The third-order valence-corrected chi connectivity index (χ3v) is 5.14. The molecule has 2 aromatic carbocycles. The number of hydrogen-bond donors (Lipinski definition) is 0. The normalized spacial score (nSPS) is 21.4. The van der Waals surface area contributed by atoms with Gasteiger partial charge in [0.2, 0.25) is 0 Å². The van der Waals surface area contributed by atoms with Crippen molar-refractivity contribution in [3.63, 3.8) is 0 Å². The predicted octanol–water partition coefficient (Wildman–Crippen LogP) is 6.23. The molecular weight excluding hydrogens is 284 g/mol. The van der Waals surface area contributed by atoms with Gasteiger partial charge in [0, 0.05) is 22.6 Å². The molecule has 2 unspecified atom stereocenters. The lowest BCUT2D eigenvalue weighted by Gasteiger charge is -2.14. The summed E-state index contributed by atoms with van der Waals surface area (Å²) in [6.45, 7) is 0. The third kappa shape index (κ3) is 2.09. The van der Waals surface area contributed by atoms with E-state index in [4.69, 9.17) is 8.83 Å². The predicted molar refractivity (Wildman–Crippen MR) is 91.8 cm³/mol. The molecule has 0 bridgehead atoms. The highest BCUT2D eigenvalue weighted by Gasteiger charge is 2.34. The van der Waals surface area contributed by atoms with Crippen LogP contribution in [0.2, 0.25) is 0 Å². The van der Waals surface area contributed by atoms with E-state index in [0.29, 0.717) is 11.8 Å². The van der Waals surface area contributed by atoms with E-state index < -0.39 is 0 Å². The smallest absolute Gasteiger partial charge is 0.134 e. The van der Waals surface area contributed by atoms with E-state index in [9.17, 15) is 0 Å². The van der Waals surface area contributed by atoms with Crippen molar-refractivity contribution in [1.82, 2.24) is 0 Å². The average Bonchev–Trinajstić information content (AvgIpc) is 3.30. The van der Waals surface area contributed by atoms with Gasteiger partial charge in [-0.15, -0.1) is 0 Å². The molecule has 2 heteroatoms. The molecule has 4 aromatic rings. The summed E-state index contributed by atoms with van der Waals surface area (Å²) in [6.07, 6.45) is 3.56. The highest BCUT2D eigenvalue weighted by molar-refractivity contribution is 5.79. The van der Waals surface area contributed by atoms with Gasteiger partial charge in [-0.1, -0.05) is 42.8 Å². The van der Waals surface area contributed by atoms with Crippen LogP contribution in [0.15, 0.2) is 69.5 Å². The van der Waals surface area contributed by atoms with Gasteiger partial charge in [0.15, 0.2) is 0 Å². The fraction of sp³-hybridized carbons (Fsp3) is 0.238. The van der Waals surface area contributed by atoms with Crippen molar-refractivity contribution in [2.75, 3.05) is 0 Å². The highest BCUT2D eigenvalue weighted by Crippen LogP contribution is 2.48. The Morgan fingerprint density at radius 2 is 1.13 bits per heavy atom. The van der Waals surface area contributed by atoms with Crippen molar-refractivity contribution in [3.05, 3.63) is 72.2 Å². The van der Waals surface area contributed by atoms with Crippen LogP contribution in [0.25, 0.3) is 21.9 Å². The molecule has 0 saturated heterocycles. The zero-order valence-corrected chi connectivity index (χ0v) is 12.9. The SMILES string of the molecule is c1ccc2oc(C3CCCC3c3cc4ccccc4o3)cc2c1. The topological polar surface area (TPSA) is 26.3 Å². The molecule has 114 valence electrons. The maximum absolute atomic E-state index is 6.14. The monoisotopic (exact) mass is 302 g/mol. The van der Waals surface area contributed by atoms with Gasteiger partial charge in [0.25, 0.3) is 0 Å². The molecular formula is C21H18O2. The van der Waals surface area contributed by atoms with Gasteiger partial charge >= 0.3 is 0 Å². The van der Waals surface area contributed by atoms with Gasteiger partial charge in [-0.2, -0.15) is 0 Å². The van der Waals surface area contributed by atoms with Gasteiger partial charge in [-0.05, 0) is 37.1 Å². The molecule has 2 heterocycles. The summed E-state index contributed by atoms with van der Waals surface area (Å²) < 4.78 is 12.3. The molecule has 5 rings (SSSR count). The molecule has 2 aromatic heterocycles. The second-order valence-corrected chi connectivity index (χ2v) is 6.52. The molecule has 0 N–H and O–H groups in total. The van der Waals surface area contributed by atoms with Crippen LogP contribution in [-0.4, -0.2) is 0 Å². The highest BCUT2D eigenvalue weighted by atomic mass is 16.3. The van der Waals surface area contributed by atoms with Gasteiger partial charge < -0.3 is 8.83 Å². The van der Waals surface area contributed by atoms with Crippen LogP contribution >= 0.6 is 0 Å². The van der Waals surface area contributed by atoms with Gasteiger partial charge in [0.1, 0.15) is 22.7 Å². The summed E-state index contributed by atoms with van der Waals surface area (Å²) in [4.78, 5) is 0. The van der Waals surface area contributed by atoms with E-state index in [1.807, 2.05) is 24.3 Å². The second kappa shape index (κ2) is 5.02. The standard InChI is InChI=1S/C21H18O2/c1-3-10-18-14(6-1)12-20(22-18)16-8-5-9-17(16)21-13-15-7-2-4-11-19(15)23-21/h1-4,6-7,10-13,16-17H,5,8-9H2. The van der Waals surface area contributed by atoms with Crippen LogP contribution in [-0.2, 0) is 0 Å². The molecule has 0 spiro atoms. The van der Waals surface area contributed by atoms with E-state index in [1.165, 1.54) is 30.0 Å². The molecule has 0 radical (unpaired) electrons. The lowest BCUT2D eigenvalue weighted by molar-refractivity contribution is 0.421. The molecule has 0 aliphatic heterocycles. The summed E-state index contributed by atoms with van der Waals surface area (Å²) in [6, 6.07) is 20.9. The van der Waals surface area contributed by atoms with Crippen LogP contribution in [0.4, 0.5) is 0 Å². The van der Waals surface area contributed by atoms with E-state index >= 15 is 0 Å². The Balaban J connectivity index is 1.56. The molecule has 1 aliphatic rings. The van der Waals surface area contributed by atoms with E-state index in [1.54, 1.807) is 0 Å².